The zero-order chi connectivity index (χ0) is 20.4. The highest BCUT2D eigenvalue weighted by atomic mass is 32.2. The van der Waals surface area contributed by atoms with Gasteiger partial charge in [0.2, 0.25) is 11.1 Å². The zero-order valence-electron chi connectivity index (χ0n) is 16.7. The molecule has 1 aliphatic heterocycles. The number of hydrogen-bond donors (Lipinski definition) is 0. The van der Waals surface area contributed by atoms with Crippen molar-refractivity contribution >= 4 is 34.7 Å². The number of thiazole rings is 1. The second-order valence-electron chi connectivity index (χ2n) is 7.17. The highest BCUT2D eigenvalue weighted by Crippen LogP contribution is 2.33. The fourth-order valence-electron chi connectivity index (χ4n) is 3.26. The number of thioether (sulfide) groups is 1. The minimum Gasteiger partial charge on any atom is -0.311 e. The fraction of sp³-hybridized carbons (Fsp3) is 0.421. The van der Waals surface area contributed by atoms with Crippen molar-refractivity contribution in [3.05, 3.63) is 34.2 Å². The van der Waals surface area contributed by atoms with Gasteiger partial charge in [-0.1, -0.05) is 17.8 Å². The summed E-state index contributed by atoms with van der Waals surface area (Å²) in [6.07, 6.45) is 0.864. The number of anilines is 1. The first kappa shape index (κ1) is 20.0. The normalized spacial score (nSPS) is 13.3. The number of likely N-dealkylation sites (N-methyl/N-ethyl adjacent to an activating group) is 1. The lowest BCUT2D eigenvalue weighted by Crippen LogP contribution is -2.30. The van der Waals surface area contributed by atoms with Crippen LogP contribution in [0.5, 0.6) is 0 Å². The van der Waals surface area contributed by atoms with Gasteiger partial charge in [0.05, 0.1) is 23.0 Å². The molecule has 3 aromatic rings. The van der Waals surface area contributed by atoms with Gasteiger partial charge in [-0.05, 0) is 55.6 Å². The Hall–Kier alpha value is -2.30. The SMILES string of the molecule is Cc1nc(-c2ccc3c(c2)CCN3C(=O)CSc2nnnn2CCN(C)C)cs1. The van der Waals surface area contributed by atoms with Crippen molar-refractivity contribution < 1.29 is 4.79 Å². The smallest absolute Gasteiger partial charge is 0.237 e. The molecule has 4 rings (SSSR count). The summed E-state index contributed by atoms with van der Waals surface area (Å²) in [4.78, 5) is 21.4. The van der Waals surface area contributed by atoms with Gasteiger partial charge in [-0.2, -0.15) is 0 Å². The highest BCUT2D eigenvalue weighted by molar-refractivity contribution is 7.99. The molecule has 152 valence electrons. The summed E-state index contributed by atoms with van der Waals surface area (Å²) in [6.45, 7) is 4.26. The second-order valence-corrected chi connectivity index (χ2v) is 9.17. The second kappa shape index (κ2) is 8.60. The van der Waals surface area contributed by atoms with Crippen molar-refractivity contribution in [1.29, 1.82) is 0 Å². The molecule has 0 spiro atoms. The standard InChI is InChI=1S/C19H23N7OS2/c1-13-20-16(11-28-13)14-4-5-17-15(10-14)6-7-25(17)18(27)12-29-19-21-22-23-26(19)9-8-24(2)3/h4-5,10-11H,6-9,12H2,1-3H3. The third-order valence-corrected chi connectivity index (χ3v) is 6.49. The Labute approximate surface area is 177 Å². The Morgan fingerprint density at radius 3 is 2.97 bits per heavy atom. The van der Waals surface area contributed by atoms with Crippen LogP contribution in [0.25, 0.3) is 11.3 Å². The Balaban J connectivity index is 1.41. The molecule has 1 aromatic carbocycles. The van der Waals surface area contributed by atoms with E-state index in [2.05, 4.69) is 36.9 Å². The number of aromatic nitrogens is 5. The first-order valence-corrected chi connectivity index (χ1v) is 11.3. The van der Waals surface area contributed by atoms with Gasteiger partial charge in [-0.3, -0.25) is 4.79 Å². The van der Waals surface area contributed by atoms with E-state index >= 15 is 0 Å². The number of fused-ring (bicyclic) bond motifs is 1. The summed E-state index contributed by atoms with van der Waals surface area (Å²) in [7, 11) is 4.01. The molecule has 2 aromatic heterocycles. The van der Waals surface area contributed by atoms with Crippen molar-refractivity contribution in [2.24, 2.45) is 0 Å². The number of nitrogens with zero attached hydrogens (tertiary/aromatic N) is 7. The van der Waals surface area contributed by atoms with Gasteiger partial charge in [0.15, 0.2) is 0 Å². The fourth-order valence-corrected chi connectivity index (χ4v) is 4.66. The predicted molar refractivity (Wildman–Crippen MR) is 115 cm³/mol. The molecule has 0 atom stereocenters. The molecule has 0 saturated heterocycles. The molecule has 0 bridgehead atoms. The van der Waals surface area contributed by atoms with Crippen LogP contribution < -0.4 is 4.90 Å². The van der Waals surface area contributed by atoms with E-state index < -0.39 is 0 Å². The lowest BCUT2D eigenvalue weighted by atomic mass is 10.1. The summed E-state index contributed by atoms with van der Waals surface area (Å²) in [6, 6.07) is 6.25. The summed E-state index contributed by atoms with van der Waals surface area (Å²) < 4.78 is 1.75. The van der Waals surface area contributed by atoms with E-state index in [0.717, 1.165) is 34.9 Å². The first-order valence-electron chi connectivity index (χ1n) is 9.41. The zero-order valence-corrected chi connectivity index (χ0v) is 18.3. The van der Waals surface area contributed by atoms with Crippen LogP contribution in [0.4, 0.5) is 5.69 Å². The molecule has 8 nitrogen and oxygen atoms in total. The molecule has 0 radical (unpaired) electrons. The number of rotatable bonds is 7. The number of benzene rings is 1. The molecule has 0 saturated carbocycles. The van der Waals surface area contributed by atoms with E-state index in [0.29, 0.717) is 24.0 Å². The number of amides is 1. The number of hydrogen-bond acceptors (Lipinski definition) is 8. The monoisotopic (exact) mass is 429 g/mol. The third kappa shape index (κ3) is 4.49. The molecule has 0 unspecified atom stereocenters. The Kier molecular flexibility index (Phi) is 5.93. The molecule has 3 heterocycles. The molecular formula is C19H23N7OS2. The van der Waals surface area contributed by atoms with Crippen LogP contribution in [0.15, 0.2) is 28.7 Å². The lowest BCUT2D eigenvalue weighted by Gasteiger charge is -2.17. The van der Waals surface area contributed by atoms with Crippen LogP contribution >= 0.6 is 23.1 Å². The number of carbonyl (C=O) groups is 1. The first-order chi connectivity index (χ1) is 14.0. The van der Waals surface area contributed by atoms with Crippen LogP contribution in [0.3, 0.4) is 0 Å². The molecular weight excluding hydrogens is 406 g/mol. The average molecular weight is 430 g/mol. The molecule has 10 heteroatoms. The van der Waals surface area contributed by atoms with Crippen LogP contribution in [-0.4, -0.2) is 68.9 Å². The maximum atomic E-state index is 12.8. The number of carbonyl (C=O) groups excluding carboxylic acids is 1. The summed E-state index contributed by atoms with van der Waals surface area (Å²) >= 11 is 3.04. The number of aryl methyl sites for hydroxylation is 1. The van der Waals surface area contributed by atoms with Crippen molar-refractivity contribution in [1.82, 2.24) is 30.1 Å². The predicted octanol–water partition coefficient (Wildman–Crippen LogP) is 2.35. The lowest BCUT2D eigenvalue weighted by molar-refractivity contribution is -0.116. The van der Waals surface area contributed by atoms with Gasteiger partial charge in [-0.15, -0.1) is 16.4 Å². The Morgan fingerprint density at radius 1 is 1.34 bits per heavy atom. The van der Waals surface area contributed by atoms with E-state index in [1.165, 1.54) is 17.3 Å². The van der Waals surface area contributed by atoms with Crippen molar-refractivity contribution in [3.63, 3.8) is 0 Å². The molecule has 1 amide bonds. The quantitative estimate of drug-likeness (QED) is 0.533. The maximum Gasteiger partial charge on any atom is 0.237 e. The van der Waals surface area contributed by atoms with E-state index in [-0.39, 0.29) is 5.91 Å². The van der Waals surface area contributed by atoms with Crippen molar-refractivity contribution in [3.8, 4) is 11.3 Å². The van der Waals surface area contributed by atoms with E-state index in [1.807, 2.05) is 38.1 Å². The Morgan fingerprint density at radius 2 is 2.21 bits per heavy atom. The molecule has 0 aliphatic carbocycles. The highest BCUT2D eigenvalue weighted by Gasteiger charge is 2.25. The van der Waals surface area contributed by atoms with E-state index in [4.69, 9.17) is 0 Å². The minimum absolute atomic E-state index is 0.0770. The van der Waals surface area contributed by atoms with Gasteiger partial charge in [0, 0.05) is 29.7 Å². The van der Waals surface area contributed by atoms with Crippen LogP contribution in [-0.2, 0) is 17.8 Å². The Bertz CT molecular complexity index is 1010. The molecule has 29 heavy (non-hydrogen) atoms. The summed E-state index contributed by atoms with van der Waals surface area (Å²) in [5, 5.41) is 15.6. The third-order valence-electron chi connectivity index (χ3n) is 4.77. The minimum atomic E-state index is 0.0770. The van der Waals surface area contributed by atoms with Crippen LogP contribution in [0, 0.1) is 6.92 Å². The van der Waals surface area contributed by atoms with Crippen molar-refractivity contribution in [2.75, 3.05) is 37.8 Å². The molecule has 0 fully saturated rings. The van der Waals surface area contributed by atoms with Crippen molar-refractivity contribution in [2.45, 2.75) is 25.0 Å². The molecule has 0 N–H and O–H groups in total. The summed E-state index contributed by atoms with van der Waals surface area (Å²) in [5.74, 6) is 0.391. The van der Waals surface area contributed by atoms with Gasteiger partial charge in [0.25, 0.3) is 0 Å². The maximum absolute atomic E-state index is 12.8. The van der Waals surface area contributed by atoms with Crippen LogP contribution in [0.1, 0.15) is 10.6 Å². The largest absolute Gasteiger partial charge is 0.311 e. The molecule has 1 aliphatic rings. The van der Waals surface area contributed by atoms with Gasteiger partial charge in [-0.25, -0.2) is 9.67 Å². The van der Waals surface area contributed by atoms with Gasteiger partial charge >= 0.3 is 0 Å². The number of tetrazole rings is 1. The van der Waals surface area contributed by atoms with Gasteiger partial charge in [0.1, 0.15) is 0 Å². The van der Waals surface area contributed by atoms with Gasteiger partial charge < -0.3 is 9.80 Å². The van der Waals surface area contributed by atoms with E-state index in [9.17, 15) is 4.79 Å². The average Bonchev–Trinajstić information content (AvgIpc) is 3.43. The van der Waals surface area contributed by atoms with Crippen LogP contribution in [0.2, 0.25) is 0 Å². The summed E-state index contributed by atoms with van der Waals surface area (Å²) in [5.41, 5.74) is 4.30. The topological polar surface area (TPSA) is 80.0 Å². The van der Waals surface area contributed by atoms with E-state index in [1.54, 1.807) is 16.0 Å².